The molecule has 0 aromatic heterocycles. The molecule has 104 valence electrons. The minimum atomic E-state index is -0.337. The van der Waals surface area contributed by atoms with E-state index < -0.39 is 0 Å². The lowest BCUT2D eigenvalue weighted by atomic mass is 10.2. The highest BCUT2D eigenvalue weighted by molar-refractivity contribution is 6.31. The first-order valence-corrected chi connectivity index (χ1v) is 6.63. The van der Waals surface area contributed by atoms with Crippen molar-refractivity contribution in [2.75, 3.05) is 24.1 Å². The lowest BCUT2D eigenvalue weighted by molar-refractivity contribution is -0.120. The molecule has 0 radical (unpaired) electrons. The molecule has 2 unspecified atom stereocenters. The van der Waals surface area contributed by atoms with Crippen LogP contribution in [0.25, 0.3) is 0 Å². The van der Waals surface area contributed by atoms with Crippen LogP contribution >= 0.6 is 11.6 Å². The van der Waals surface area contributed by atoms with Crippen molar-refractivity contribution in [1.82, 2.24) is 4.90 Å². The largest absolute Gasteiger partial charge is 0.397 e. The molecule has 0 saturated carbocycles. The molecule has 19 heavy (non-hydrogen) atoms. The van der Waals surface area contributed by atoms with E-state index in [1.165, 1.54) is 0 Å². The van der Waals surface area contributed by atoms with Gasteiger partial charge in [-0.1, -0.05) is 11.6 Å². The molecule has 1 heterocycles. The summed E-state index contributed by atoms with van der Waals surface area (Å²) in [5.41, 5.74) is 6.79. The van der Waals surface area contributed by atoms with Crippen molar-refractivity contribution in [2.45, 2.75) is 25.5 Å². The van der Waals surface area contributed by atoms with E-state index in [0.717, 1.165) is 6.54 Å². The van der Waals surface area contributed by atoms with Crippen LogP contribution in [-0.2, 0) is 4.79 Å². The summed E-state index contributed by atoms with van der Waals surface area (Å²) in [5.74, 6) is -0.136. The number of β-amino-alcohol motifs (C(OH)–C–C–N with tert-alkyl or cyclic N) is 1. The minimum Gasteiger partial charge on any atom is -0.397 e. The average molecular weight is 284 g/mol. The summed E-state index contributed by atoms with van der Waals surface area (Å²) in [6.07, 6.45) is 0.372. The Morgan fingerprint density at radius 1 is 1.63 bits per heavy atom. The Balaban J connectivity index is 2.00. The lowest BCUT2D eigenvalue weighted by Crippen LogP contribution is -2.41. The molecule has 1 fully saturated rings. The summed E-state index contributed by atoms with van der Waals surface area (Å²) in [6.45, 7) is 3.08. The topological polar surface area (TPSA) is 78.6 Å². The predicted molar refractivity (Wildman–Crippen MR) is 76.2 cm³/mol. The monoisotopic (exact) mass is 283 g/mol. The van der Waals surface area contributed by atoms with Gasteiger partial charge in [-0.25, -0.2) is 0 Å². The van der Waals surface area contributed by atoms with Gasteiger partial charge in [0.05, 0.1) is 23.5 Å². The van der Waals surface area contributed by atoms with Crippen LogP contribution < -0.4 is 11.1 Å². The molecular weight excluding hydrogens is 266 g/mol. The molecule has 2 atom stereocenters. The van der Waals surface area contributed by atoms with Crippen LogP contribution in [0.3, 0.4) is 0 Å². The average Bonchev–Trinajstić information content (AvgIpc) is 2.78. The summed E-state index contributed by atoms with van der Waals surface area (Å²) >= 11 is 5.81. The zero-order valence-electron chi connectivity index (χ0n) is 10.8. The molecule has 2 rings (SSSR count). The summed E-state index contributed by atoms with van der Waals surface area (Å²) < 4.78 is 0. The smallest absolute Gasteiger partial charge is 0.241 e. The quantitative estimate of drug-likeness (QED) is 0.731. The van der Waals surface area contributed by atoms with Gasteiger partial charge in [-0.3, -0.25) is 9.69 Å². The van der Waals surface area contributed by atoms with Gasteiger partial charge >= 0.3 is 0 Å². The number of aliphatic hydroxyl groups excluding tert-OH is 1. The molecule has 6 heteroatoms. The second kappa shape index (κ2) is 5.77. The fourth-order valence-electron chi connectivity index (χ4n) is 2.17. The van der Waals surface area contributed by atoms with E-state index in [4.69, 9.17) is 17.3 Å². The number of aliphatic hydroxyl groups is 1. The molecule has 0 bridgehead atoms. The number of amides is 1. The van der Waals surface area contributed by atoms with Crippen LogP contribution in [0.5, 0.6) is 0 Å². The number of rotatable bonds is 3. The number of carbonyl (C=O) groups is 1. The van der Waals surface area contributed by atoms with Gasteiger partial charge in [0.1, 0.15) is 0 Å². The lowest BCUT2D eigenvalue weighted by Gasteiger charge is -2.23. The van der Waals surface area contributed by atoms with Crippen molar-refractivity contribution in [1.29, 1.82) is 0 Å². The van der Waals surface area contributed by atoms with Gasteiger partial charge in [0.2, 0.25) is 5.91 Å². The molecule has 1 aliphatic heterocycles. The Morgan fingerprint density at radius 2 is 2.37 bits per heavy atom. The number of hydrogen-bond acceptors (Lipinski definition) is 4. The summed E-state index contributed by atoms with van der Waals surface area (Å²) in [5, 5.41) is 12.8. The van der Waals surface area contributed by atoms with Crippen molar-refractivity contribution in [3.05, 3.63) is 23.2 Å². The second-order valence-electron chi connectivity index (χ2n) is 4.83. The number of nitrogens with zero attached hydrogens (tertiary/aromatic N) is 1. The highest BCUT2D eigenvalue weighted by Gasteiger charge is 2.28. The Bertz CT molecular complexity index is 481. The highest BCUT2D eigenvalue weighted by atomic mass is 35.5. The minimum absolute atomic E-state index is 0.136. The molecule has 0 aliphatic carbocycles. The molecule has 5 nitrogen and oxygen atoms in total. The Morgan fingerprint density at radius 3 is 2.95 bits per heavy atom. The van der Waals surface area contributed by atoms with Crippen molar-refractivity contribution >= 4 is 28.9 Å². The van der Waals surface area contributed by atoms with Gasteiger partial charge in [-0.15, -0.1) is 0 Å². The molecular formula is C13H18ClN3O2. The number of anilines is 2. The maximum absolute atomic E-state index is 12.1. The third kappa shape index (κ3) is 3.37. The van der Waals surface area contributed by atoms with Gasteiger partial charge in [-0.05, 0) is 31.5 Å². The van der Waals surface area contributed by atoms with E-state index in [-0.39, 0.29) is 18.1 Å². The Kier molecular flexibility index (Phi) is 4.29. The van der Waals surface area contributed by atoms with E-state index in [0.29, 0.717) is 29.4 Å². The number of carbonyl (C=O) groups excluding carboxylic acids is 1. The summed E-state index contributed by atoms with van der Waals surface area (Å²) in [6, 6.07) is 4.66. The van der Waals surface area contributed by atoms with Gasteiger partial charge in [0, 0.05) is 18.1 Å². The molecule has 0 spiro atoms. The number of likely N-dealkylation sites (tertiary alicyclic amines) is 1. The number of benzene rings is 1. The fourth-order valence-corrected chi connectivity index (χ4v) is 2.35. The second-order valence-corrected chi connectivity index (χ2v) is 5.27. The highest BCUT2D eigenvalue weighted by Crippen LogP contribution is 2.23. The molecule has 1 aliphatic rings. The standard InChI is InChI=1S/C13H18ClN3O2/c1-8(17-5-4-10(18)7-17)13(19)16-12-3-2-9(14)6-11(12)15/h2-3,6,8,10,18H,4-5,7,15H2,1H3,(H,16,19). The first-order chi connectivity index (χ1) is 8.97. The summed E-state index contributed by atoms with van der Waals surface area (Å²) in [4.78, 5) is 14.1. The Labute approximate surface area is 117 Å². The maximum Gasteiger partial charge on any atom is 0.241 e. The van der Waals surface area contributed by atoms with Crippen molar-refractivity contribution in [3.8, 4) is 0 Å². The molecule has 1 aromatic rings. The van der Waals surface area contributed by atoms with Crippen LogP contribution in [0.15, 0.2) is 18.2 Å². The van der Waals surface area contributed by atoms with Crippen molar-refractivity contribution in [2.24, 2.45) is 0 Å². The van der Waals surface area contributed by atoms with Gasteiger partial charge in [0.15, 0.2) is 0 Å². The van der Waals surface area contributed by atoms with E-state index in [1.54, 1.807) is 18.2 Å². The van der Waals surface area contributed by atoms with Crippen molar-refractivity contribution < 1.29 is 9.90 Å². The maximum atomic E-state index is 12.1. The van der Waals surface area contributed by atoms with E-state index in [1.807, 2.05) is 11.8 Å². The zero-order valence-corrected chi connectivity index (χ0v) is 11.5. The van der Waals surface area contributed by atoms with Gasteiger partial charge < -0.3 is 16.2 Å². The van der Waals surface area contributed by atoms with E-state index in [9.17, 15) is 9.90 Å². The van der Waals surface area contributed by atoms with E-state index >= 15 is 0 Å². The normalized spacial score (nSPS) is 21.3. The SMILES string of the molecule is CC(C(=O)Nc1ccc(Cl)cc1N)N1CCC(O)C1. The first kappa shape index (κ1) is 14.1. The Hall–Kier alpha value is -1.30. The van der Waals surface area contributed by atoms with Crippen LogP contribution in [0, 0.1) is 0 Å². The third-order valence-electron chi connectivity index (χ3n) is 3.39. The molecule has 4 N–H and O–H groups in total. The van der Waals surface area contributed by atoms with Crippen LogP contribution in [0.2, 0.25) is 5.02 Å². The molecule has 1 saturated heterocycles. The van der Waals surface area contributed by atoms with Gasteiger partial charge in [0.25, 0.3) is 0 Å². The number of hydrogen-bond donors (Lipinski definition) is 3. The summed E-state index contributed by atoms with van der Waals surface area (Å²) in [7, 11) is 0. The number of nitrogens with two attached hydrogens (primary N) is 1. The zero-order chi connectivity index (χ0) is 14.0. The number of halogens is 1. The molecule has 1 aromatic carbocycles. The van der Waals surface area contributed by atoms with Crippen LogP contribution in [0.1, 0.15) is 13.3 Å². The third-order valence-corrected chi connectivity index (χ3v) is 3.63. The molecule has 1 amide bonds. The number of nitrogens with one attached hydrogen (secondary N) is 1. The van der Waals surface area contributed by atoms with Crippen molar-refractivity contribution in [3.63, 3.8) is 0 Å². The van der Waals surface area contributed by atoms with Crippen LogP contribution in [-0.4, -0.2) is 41.1 Å². The predicted octanol–water partition coefficient (Wildman–Crippen LogP) is 1.32. The van der Waals surface area contributed by atoms with E-state index in [2.05, 4.69) is 5.32 Å². The fraction of sp³-hybridized carbons (Fsp3) is 0.462. The first-order valence-electron chi connectivity index (χ1n) is 6.25. The number of nitrogen functional groups attached to an aromatic ring is 1. The van der Waals surface area contributed by atoms with Gasteiger partial charge in [-0.2, -0.15) is 0 Å². The van der Waals surface area contributed by atoms with Crippen LogP contribution in [0.4, 0.5) is 11.4 Å².